The largest absolute Gasteiger partial charge is 0.490 e. The molecule has 2 heterocycles. The zero-order chi connectivity index (χ0) is 21.2. The highest BCUT2D eigenvalue weighted by molar-refractivity contribution is 5.94. The van der Waals surface area contributed by atoms with Gasteiger partial charge in [0.1, 0.15) is 0 Å². The van der Waals surface area contributed by atoms with Gasteiger partial charge in [0.05, 0.1) is 12.8 Å². The zero-order valence-corrected chi connectivity index (χ0v) is 17.0. The van der Waals surface area contributed by atoms with E-state index in [1.54, 1.807) is 42.7 Å². The number of carbonyl (C=O) groups is 2. The summed E-state index contributed by atoms with van der Waals surface area (Å²) in [6.45, 7) is 3.89. The number of likely N-dealkylation sites (tertiary alicyclic amines) is 1. The molecule has 1 fully saturated rings. The molecule has 2 amide bonds. The molecule has 8 heteroatoms. The third-order valence-electron chi connectivity index (χ3n) is 4.65. The summed E-state index contributed by atoms with van der Waals surface area (Å²) < 4.78 is 11.4. The summed E-state index contributed by atoms with van der Waals surface area (Å²) in [7, 11) is 0. The number of pyridine rings is 1. The first-order valence-corrected chi connectivity index (χ1v) is 10.1. The normalized spacial score (nSPS) is 13.8. The van der Waals surface area contributed by atoms with Crippen molar-refractivity contribution in [3.63, 3.8) is 0 Å². The van der Waals surface area contributed by atoms with Crippen molar-refractivity contribution in [3.05, 3.63) is 53.9 Å². The number of nitrogens with one attached hydrogen (secondary N) is 1. The van der Waals surface area contributed by atoms with Crippen LogP contribution in [0.3, 0.4) is 0 Å². The second-order valence-corrected chi connectivity index (χ2v) is 6.80. The lowest BCUT2D eigenvalue weighted by atomic mass is 10.1. The first kappa shape index (κ1) is 21.3. The van der Waals surface area contributed by atoms with Crippen LogP contribution in [0.1, 0.15) is 42.1 Å². The molecule has 3 rings (SSSR count). The van der Waals surface area contributed by atoms with Crippen LogP contribution in [0.5, 0.6) is 11.5 Å². The smallest absolute Gasteiger partial charge is 0.271 e. The Morgan fingerprint density at radius 2 is 1.87 bits per heavy atom. The molecule has 2 aromatic rings. The number of aromatic nitrogens is 1. The van der Waals surface area contributed by atoms with Gasteiger partial charge in [0.25, 0.3) is 11.8 Å². The van der Waals surface area contributed by atoms with Crippen molar-refractivity contribution in [1.82, 2.24) is 15.3 Å². The van der Waals surface area contributed by atoms with Crippen LogP contribution in [-0.4, -0.2) is 54.2 Å². The fraction of sp³-hybridized carbons (Fsp3) is 0.364. The number of carbonyl (C=O) groups excluding carboxylic acids is 2. The average Bonchev–Trinajstić information content (AvgIpc) is 2.79. The lowest BCUT2D eigenvalue weighted by molar-refractivity contribution is -0.134. The maximum Gasteiger partial charge on any atom is 0.271 e. The quantitative estimate of drug-likeness (QED) is 0.533. The predicted molar refractivity (Wildman–Crippen MR) is 113 cm³/mol. The van der Waals surface area contributed by atoms with Crippen molar-refractivity contribution in [2.45, 2.75) is 26.2 Å². The van der Waals surface area contributed by atoms with Gasteiger partial charge in [0, 0.05) is 31.0 Å². The number of hydrogen-bond acceptors (Lipinski definition) is 6. The summed E-state index contributed by atoms with van der Waals surface area (Å²) in [5.41, 5.74) is 3.67. The Labute approximate surface area is 175 Å². The predicted octanol–water partition coefficient (Wildman–Crippen LogP) is 2.64. The molecular formula is C22H26N4O4. The molecule has 0 atom stereocenters. The number of rotatable bonds is 8. The van der Waals surface area contributed by atoms with Crippen LogP contribution in [0, 0.1) is 0 Å². The van der Waals surface area contributed by atoms with E-state index in [1.807, 2.05) is 11.8 Å². The molecule has 158 valence electrons. The van der Waals surface area contributed by atoms with E-state index < -0.39 is 0 Å². The number of ether oxygens (including phenoxy) is 2. The number of piperidine rings is 1. The van der Waals surface area contributed by atoms with E-state index in [0.717, 1.165) is 31.5 Å². The van der Waals surface area contributed by atoms with E-state index in [1.165, 1.54) is 12.6 Å². The summed E-state index contributed by atoms with van der Waals surface area (Å²) in [5.74, 6) is 0.685. The van der Waals surface area contributed by atoms with Crippen LogP contribution in [0.15, 0.2) is 47.8 Å². The van der Waals surface area contributed by atoms with Crippen molar-refractivity contribution in [3.8, 4) is 11.5 Å². The summed E-state index contributed by atoms with van der Waals surface area (Å²) >= 11 is 0. The van der Waals surface area contributed by atoms with E-state index in [2.05, 4.69) is 15.5 Å². The van der Waals surface area contributed by atoms with Crippen molar-refractivity contribution >= 4 is 18.0 Å². The number of benzene rings is 1. The Balaban J connectivity index is 1.59. The van der Waals surface area contributed by atoms with Crippen molar-refractivity contribution < 1.29 is 19.1 Å². The van der Waals surface area contributed by atoms with Gasteiger partial charge in [-0.05, 0) is 62.1 Å². The fourth-order valence-electron chi connectivity index (χ4n) is 3.10. The lowest BCUT2D eigenvalue weighted by Gasteiger charge is -2.26. The molecule has 0 spiro atoms. The first-order valence-electron chi connectivity index (χ1n) is 10.1. The molecule has 30 heavy (non-hydrogen) atoms. The standard InChI is InChI=1S/C22H26N4O4/c1-2-29-20-14-17(15-24-25-22(28)18-8-10-23-11-9-18)6-7-19(20)30-16-21(27)26-12-4-3-5-13-26/h6-11,14-15H,2-5,12-13,16H2,1H3,(H,25,28)/b24-15-. The summed E-state index contributed by atoms with van der Waals surface area (Å²) in [6.07, 6.45) is 7.86. The second-order valence-electron chi connectivity index (χ2n) is 6.80. The Morgan fingerprint density at radius 1 is 1.10 bits per heavy atom. The molecule has 0 saturated carbocycles. The van der Waals surface area contributed by atoms with Gasteiger partial charge < -0.3 is 14.4 Å². The monoisotopic (exact) mass is 410 g/mol. The Kier molecular flexibility index (Phi) is 7.77. The average molecular weight is 410 g/mol. The molecule has 1 aliphatic heterocycles. The Bertz CT molecular complexity index is 880. The molecule has 1 saturated heterocycles. The molecule has 0 aliphatic carbocycles. The highest BCUT2D eigenvalue weighted by Gasteiger charge is 2.17. The van der Waals surface area contributed by atoms with Gasteiger partial charge >= 0.3 is 0 Å². The number of nitrogens with zero attached hydrogens (tertiary/aromatic N) is 3. The minimum absolute atomic E-state index is 0.0124. The maximum absolute atomic E-state index is 12.3. The van der Waals surface area contributed by atoms with Crippen LogP contribution in [-0.2, 0) is 4.79 Å². The summed E-state index contributed by atoms with van der Waals surface area (Å²) in [5, 5.41) is 3.98. The number of hydrogen-bond donors (Lipinski definition) is 1. The molecule has 1 aliphatic rings. The molecule has 0 unspecified atom stereocenters. The highest BCUT2D eigenvalue weighted by Crippen LogP contribution is 2.28. The van der Waals surface area contributed by atoms with Crippen LogP contribution in [0.2, 0.25) is 0 Å². The molecule has 1 N–H and O–H groups in total. The van der Waals surface area contributed by atoms with Crippen molar-refractivity contribution in [1.29, 1.82) is 0 Å². The van der Waals surface area contributed by atoms with Gasteiger partial charge in [-0.25, -0.2) is 5.43 Å². The topological polar surface area (TPSA) is 93.1 Å². The van der Waals surface area contributed by atoms with Gasteiger partial charge in [-0.2, -0.15) is 5.10 Å². The van der Waals surface area contributed by atoms with Gasteiger partial charge in [-0.3, -0.25) is 14.6 Å². The minimum Gasteiger partial charge on any atom is -0.490 e. The number of hydrazone groups is 1. The van der Waals surface area contributed by atoms with Gasteiger partial charge in [-0.15, -0.1) is 0 Å². The minimum atomic E-state index is -0.324. The van der Waals surface area contributed by atoms with Gasteiger partial charge in [0.2, 0.25) is 0 Å². The number of amides is 2. The third-order valence-corrected chi connectivity index (χ3v) is 4.65. The Hall–Kier alpha value is -3.42. The molecule has 8 nitrogen and oxygen atoms in total. The zero-order valence-electron chi connectivity index (χ0n) is 17.0. The molecule has 0 bridgehead atoms. The van der Waals surface area contributed by atoms with Crippen molar-refractivity contribution in [2.75, 3.05) is 26.3 Å². The summed E-state index contributed by atoms with van der Waals surface area (Å²) in [6, 6.07) is 8.49. The first-order chi connectivity index (χ1) is 14.7. The highest BCUT2D eigenvalue weighted by atomic mass is 16.5. The van der Waals surface area contributed by atoms with E-state index in [0.29, 0.717) is 23.7 Å². The molecular weight excluding hydrogens is 384 g/mol. The SMILES string of the molecule is CCOc1cc(/C=N\NC(=O)c2ccncc2)ccc1OCC(=O)N1CCCCC1. The van der Waals surface area contributed by atoms with Gasteiger partial charge in [0.15, 0.2) is 18.1 Å². The van der Waals surface area contributed by atoms with E-state index >= 15 is 0 Å². The van der Waals surface area contributed by atoms with E-state index in [9.17, 15) is 9.59 Å². The van der Waals surface area contributed by atoms with Crippen LogP contribution in [0.4, 0.5) is 0 Å². The van der Waals surface area contributed by atoms with Crippen LogP contribution < -0.4 is 14.9 Å². The fourth-order valence-corrected chi connectivity index (χ4v) is 3.10. The van der Waals surface area contributed by atoms with Gasteiger partial charge in [-0.1, -0.05) is 0 Å². The Morgan fingerprint density at radius 3 is 2.60 bits per heavy atom. The van der Waals surface area contributed by atoms with Crippen LogP contribution >= 0.6 is 0 Å². The summed E-state index contributed by atoms with van der Waals surface area (Å²) in [4.78, 5) is 30.0. The van der Waals surface area contributed by atoms with Crippen molar-refractivity contribution in [2.24, 2.45) is 5.10 Å². The second kappa shape index (κ2) is 10.9. The lowest BCUT2D eigenvalue weighted by Crippen LogP contribution is -2.38. The van der Waals surface area contributed by atoms with E-state index in [4.69, 9.17) is 9.47 Å². The van der Waals surface area contributed by atoms with Crippen LogP contribution in [0.25, 0.3) is 0 Å². The third kappa shape index (κ3) is 6.04. The van der Waals surface area contributed by atoms with E-state index in [-0.39, 0.29) is 18.4 Å². The molecule has 1 aromatic carbocycles. The molecule has 1 aromatic heterocycles. The maximum atomic E-state index is 12.3. The molecule has 0 radical (unpaired) electrons.